The van der Waals surface area contributed by atoms with Gasteiger partial charge in [-0.25, -0.2) is 9.59 Å². The second kappa shape index (κ2) is 5.06. The number of aromatic nitrogens is 2. The summed E-state index contributed by atoms with van der Waals surface area (Å²) in [4.78, 5) is 52.0. The van der Waals surface area contributed by atoms with Crippen LogP contribution in [0.25, 0.3) is 0 Å². The first-order valence-corrected chi connectivity index (χ1v) is 7.53. The van der Waals surface area contributed by atoms with Gasteiger partial charge < -0.3 is 15.0 Å². The Labute approximate surface area is 122 Å². The highest BCUT2D eigenvalue weighted by Crippen LogP contribution is 2.45. The molecule has 21 heavy (non-hydrogen) atoms. The van der Waals surface area contributed by atoms with Gasteiger partial charge in [0.05, 0.1) is 5.37 Å². The number of rotatable bonds is 3. The van der Waals surface area contributed by atoms with E-state index in [1.165, 1.54) is 16.7 Å². The SMILES string of the molecule is O=C(O)C1CSC(C2CC2)N1C(=O)c1cc(=O)[nH]c(=O)[nH]1. The average molecular weight is 311 g/mol. The van der Waals surface area contributed by atoms with Gasteiger partial charge in [-0.2, -0.15) is 0 Å². The molecule has 2 unspecified atom stereocenters. The fourth-order valence-electron chi connectivity index (χ4n) is 2.44. The molecule has 2 atom stereocenters. The monoisotopic (exact) mass is 311 g/mol. The van der Waals surface area contributed by atoms with Crippen molar-refractivity contribution < 1.29 is 14.7 Å². The maximum absolute atomic E-state index is 12.5. The number of hydrogen-bond acceptors (Lipinski definition) is 5. The largest absolute Gasteiger partial charge is 0.480 e. The number of H-pyrrole nitrogens is 2. The van der Waals surface area contributed by atoms with E-state index in [9.17, 15) is 24.3 Å². The van der Waals surface area contributed by atoms with E-state index in [4.69, 9.17) is 0 Å². The molecule has 2 fully saturated rings. The molecule has 0 radical (unpaired) electrons. The van der Waals surface area contributed by atoms with Crippen LogP contribution in [0.1, 0.15) is 23.3 Å². The number of carbonyl (C=O) groups is 2. The Bertz CT molecular complexity index is 679. The number of carbonyl (C=O) groups excluding carboxylic acids is 1. The van der Waals surface area contributed by atoms with E-state index >= 15 is 0 Å². The van der Waals surface area contributed by atoms with Crippen LogP contribution in [-0.4, -0.2) is 49.0 Å². The van der Waals surface area contributed by atoms with Gasteiger partial charge in [0.15, 0.2) is 0 Å². The summed E-state index contributed by atoms with van der Waals surface area (Å²) in [5, 5.41) is 9.05. The van der Waals surface area contributed by atoms with E-state index in [1.54, 1.807) is 0 Å². The van der Waals surface area contributed by atoms with E-state index in [0.29, 0.717) is 5.75 Å². The lowest BCUT2D eigenvalue weighted by molar-refractivity contribution is -0.141. The summed E-state index contributed by atoms with van der Waals surface area (Å²) >= 11 is 1.44. The number of nitrogens with one attached hydrogen (secondary N) is 2. The molecule has 2 aliphatic rings. The van der Waals surface area contributed by atoms with Crippen LogP contribution in [0.4, 0.5) is 0 Å². The fraction of sp³-hybridized carbons (Fsp3) is 0.500. The van der Waals surface area contributed by atoms with Crippen molar-refractivity contribution in [3.63, 3.8) is 0 Å². The first kappa shape index (κ1) is 13.9. The normalized spacial score (nSPS) is 25.0. The molecule has 3 rings (SSSR count). The zero-order valence-corrected chi connectivity index (χ0v) is 11.7. The van der Waals surface area contributed by atoms with E-state index < -0.39 is 29.2 Å². The molecular weight excluding hydrogens is 298 g/mol. The van der Waals surface area contributed by atoms with Gasteiger partial charge in [-0.15, -0.1) is 11.8 Å². The molecule has 0 aromatic carbocycles. The zero-order valence-electron chi connectivity index (χ0n) is 10.9. The molecule has 1 aliphatic heterocycles. The summed E-state index contributed by atoms with van der Waals surface area (Å²) in [7, 11) is 0. The van der Waals surface area contributed by atoms with Gasteiger partial charge in [-0.1, -0.05) is 0 Å². The highest BCUT2D eigenvalue weighted by molar-refractivity contribution is 8.00. The van der Waals surface area contributed by atoms with Crippen molar-refractivity contribution in [2.75, 3.05) is 5.75 Å². The van der Waals surface area contributed by atoms with Crippen LogP contribution in [0, 0.1) is 5.92 Å². The molecule has 1 aromatic rings. The zero-order chi connectivity index (χ0) is 15.1. The Morgan fingerprint density at radius 2 is 2.00 bits per heavy atom. The van der Waals surface area contributed by atoms with Gasteiger partial charge in [0, 0.05) is 11.8 Å². The van der Waals surface area contributed by atoms with Crippen molar-refractivity contribution in [2.24, 2.45) is 5.92 Å². The van der Waals surface area contributed by atoms with Crippen LogP contribution in [0.2, 0.25) is 0 Å². The minimum absolute atomic E-state index is 0.178. The standard InChI is InChI=1S/C12H13N3O5S/c16-8-3-6(13-12(20)14-8)9(17)15-7(11(18)19)4-21-10(15)5-1-2-5/h3,5,7,10H,1-2,4H2,(H,18,19)(H2,13,14,16,20). The van der Waals surface area contributed by atoms with Crippen LogP contribution in [0.5, 0.6) is 0 Å². The molecule has 1 aromatic heterocycles. The maximum Gasteiger partial charge on any atom is 0.327 e. The molecule has 112 valence electrons. The number of carboxylic acids is 1. The second-order valence-corrected chi connectivity index (χ2v) is 6.28. The number of aliphatic carboxylic acids is 1. The summed E-state index contributed by atoms with van der Waals surface area (Å²) in [5.41, 5.74) is -1.65. The lowest BCUT2D eigenvalue weighted by Gasteiger charge is -2.27. The summed E-state index contributed by atoms with van der Waals surface area (Å²) in [6, 6.07) is 0.0474. The Morgan fingerprint density at radius 3 is 2.57 bits per heavy atom. The Kier molecular flexibility index (Phi) is 3.36. The number of hydrogen-bond donors (Lipinski definition) is 3. The number of carboxylic acid groups (broad SMARTS) is 1. The Hall–Kier alpha value is -2.03. The third kappa shape index (κ3) is 2.60. The number of amides is 1. The average Bonchev–Trinajstić information content (AvgIpc) is 3.15. The van der Waals surface area contributed by atoms with Crippen LogP contribution < -0.4 is 11.2 Å². The summed E-state index contributed by atoms with van der Waals surface area (Å²) < 4.78 is 0. The smallest absolute Gasteiger partial charge is 0.327 e. The van der Waals surface area contributed by atoms with Gasteiger partial charge >= 0.3 is 11.7 Å². The molecule has 1 amide bonds. The van der Waals surface area contributed by atoms with Crippen molar-refractivity contribution in [2.45, 2.75) is 24.3 Å². The van der Waals surface area contributed by atoms with Crippen molar-refractivity contribution >= 4 is 23.6 Å². The van der Waals surface area contributed by atoms with Crippen LogP contribution >= 0.6 is 11.8 Å². The predicted molar refractivity (Wildman–Crippen MR) is 74.2 cm³/mol. The van der Waals surface area contributed by atoms with Crippen LogP contribution in [0.3, 0.4) is 0 Å². The van der Waals surface area contributed by atoms with E-state index in [1.807, 2.05) is 4.98 Å². The molecule has 0 spiro atoms. The van der Waals surface area contributed by atoms with Gasteiger partial charge in [-0.05, 0) is 18.8 Å². The van der Waals surface area contributed by atoms with Crippen molar-refractivity contribution in [3.05, 3.63) is 32.6 Å². The summed E-state index contributed by atoms with van der Waals surface area (Å²) in [6.45, 7) is 0. The summed E-state index contributed by atoms with van der Waals surface area (Å²) in [5.74, 6) is -1.09. The molecule has 8 nitrogen and oxygen atoms in total. The number of aromatic amines is 2. The third-order valence-corrected chi connectivity index (χ3v) is 5.03. The molecule has 9 heteroatoms. The minimum Gasteiger partial charge on any atom is -0.480 e. The van der Waals surface area contributed by atoms with Crippen molar-refractivity contribution in [1.29, 1.82) is 0 Å². The van der Waals surface area contributed by atoms with Crippen molar-refractivity contribution in [1.82, 2.24) is 14.9 Å². The summed E-state index contributed by atoms with van der Waals surface area (Å²) in [6.07, 6.45) is 1.92. The quantitative estimate of drug-likeness (QED) is 0.687. The maximum atomic E-state index is 12.5. The molecule has 1 aliphatic carbocycles. The first-order valence-electron chi connectivity index (χ1n) is 6.48. The molecule has 1 saturated heterocycles. The Balaban J connectivity index is 1.97. The second-order valence-electron chi connectivity index (χ2n) is 5.13. The number of thioether (sulfide) groups is 1. The molecule has 3 N–H and O–H groups in total. The molecular formula is C12H13N3O5S. The van der Waals surface area contributed by atoms with Gasteiger partial charge in [0.2, 0.25) is 0 Å². The topological polar surface area (TPSA) is 123 Å². The lowest BCUT2D eigenvalue weighted by atomic mass is 10.2. The van der Waals surface area contributed by atoms with Gasteiger partial charge in [-0.3, -0.25) is 14.6 Å². The van der Waals surface area contributed by atoms with Crippen LogP contribution in [-0.2, 0) is 4.79 Å². The highest BCUT2D eigenvalue weighted by atomic mass is 32.2. The highest BCUT2D eigenvalue weighted by Gasteiger charge is 2.48. The number of nitrogens with zero attached hydrogens (tertiary/aromatic N) is 1. The van der Waals surface area contributed by atoms with Gasteiger partial charge in [0.1, 0.15) is 11.7 Å². The molecule has 2 heterocycles. The van der Waals surface area contributed by atoms with E-state index in [0.717, 1.165) is 18.9 Å². The predicted octanol–water partition coefficient (Wildman–Crippen LogP) is -0.558. The van der Waals surface area contributed by atoms with Crippen molar-refractivity contribution in [3.8, 4) is 0 Å². The van der Waals surface area contributed by atoms with Gasteiger partial charge in [0.25, 0.3) is 11.5 Å². The first-order chi connectivity index (χ1) is 9.97. The third-order valence-electron chi connectivity index (χ3n) is 3.57. The van der Waals surface area contributed by atoms with E-state index in [2.05, 4.69) is 4.98 Å². The minimum atomic E-state index is -1.08. The molecule has 1 saturated carbocycles. The van der Waals surface area contributed by atoms with E-state index in [-0.39, 0.29) is 17.0 Å². The Morgan fingerprint density at radius 1 is 1.29 bits per heavy atom. The molecule has 0 bridgehead atoms. The fourth-order valence-corrected chi connectivity index (χ4v) is 4.07. The lowest BCUT2D eigenvalue weighted by Crippen LogP contribution is -2.47. The van der Waals surface area contributed by atoms with Crippen LogP contribution in [0.15, 0.2) is 15.7 Å².